The van der Waals surface area contributed by atoms with E-state index in [0.29, 0.717) is 5.92 Å². The van der Waals surface area contributed by atoms with Crippen LogP contribution >= 0.6 is 11.8 Å². The lowest BCUT2D eigenvalue weighted by Crippen LogP contribution is -2.16. The van der Waals surface area contributed by atoms with E-state index in [1.807, 2.05) is 31.2 Å². The van der Waals surface area contributed by atoms with Crippen molar-refractivity contribution in [3.05, 3.63) is 18.2 Å². The van der Waals surface area contributed by atoms with Crippen molar-refractivity contribution in [1.82, 2.24) is 9.55 Å². The highest BCUT2D eigenvalue weighted by atomic mass is 32.2. The van der Waals surface area contributed by atoms with E-state index in [4.69, 9.17) is 5.73 Å². The molecule has 0 radical (unpaired) electrons. The van der Waals surface area contributed by atoms with E-state index in [-0.39, 0.29) is 6.04 Å². The molecule has 0 spiro atoms. The third kappa shape index (κ3) is 3.03. The summed E-state index contributed by atoms with van der Waals surface area (Å²) in [5, 5.41) is 0. The van der Waals surface area contributed by atoms with Crippen LogP contribution in [-0.2, 0) is 6.54 Å². The van der Waals surface area contributed by atoms with Crippen molar-refractivity contribution in [3.63, 3.8) is 0 Å². The number of aromatic nitrogens is 2. The molecule has 14 heavy (non-hydrogen) atoms. The lowest BCUT2D eigenvalue weighted by atomic mass is 10.2. The third-order valence-corrected chi connectivity index (χ3v) is 3.07. The first-order chi connectivity index (χ1) is 6.65. The predicted molar refractivity (Wildman–Crippen MR) is 62.4 cm³/mol. The number of thioether (sulfide) groups is 1. The van der Waals surface area contributed by atoms with Crippen LogP contribution in [0.3, 0.4) is 0 Å². The van der Waals surface area contributed by atoms with Crippen molar-refractivity contribution in [2.24, 2.45) is 11.7 Å². The molecule has 1 aromatic rings. The molecule has 2 N–H and O–H groups in total. The fourth-order valence-corrected chi connectivity index (χ4v) is 2.21. The average Bonchev–Trinajstić information content (AvgIpc) is 2.52. The summed E-state index contributed by atoms with van der Waals surface area (Å²) in [7, 11) is 0. The number of hydrogen-bond acceptors (Lipinski definition) is 3. The Kier molecular flexibility index (Phi) is 4.48. The average molecular weight is 213 g/mol. The number of hydrogen-bond donors (Lipinski definition) is 1. The van der Waals surface area contributed by atoms with Crippen molar-refractivity contribution < 1.29 is 0 Å². The molecule has 1 aromatic heterocycles. The molecule has 0 fully saturated rings. The van der Waals surface area contributed by atoms with E-state index in [2.05, 4.69) is 22.7 Å². The van der Waals surface area contributed by atoms with Crippen molar-refractivity contribution in [3.8, 4) is 0 Å². The molecular formula is C10H19N3S. The lowest BCUT2D eigenvalue weighted by molar-refractivity contribution is 0.506. The molecule has 80 valence electrons. The fraction of sp³-hybridized carbons (Fsp3) is 0.700. The van der Waals surface area contributed by atoms with Gasteiger partial charge in [0.2, 0.25) is 0 Å². The highest BCUT2D eigenvalue weighted by Crippen LogP contribution is 2.13. The van der Waals surface area contributed by atoms with Gasteiger partial charge in [-0.3, -0.25) is 0 Å². The minimum Gasteiger partial charge on any atom is -0.333 e. The van der Waals surface area contributed by atoms with Crippen LogP contribution < -0.4 is 5.73 Å². The van der Waals surface area contributed by atoms with E-state index >= 15 is 0 Å². The molecule has 4 heteroatoms. The van der Waals surface area contributed by atoms with Crippen LogP contribution in [0.2, 0.25) is 0 Å². The number of nitrogens with two attached hydrogens (primary N) is 1. The summed E-state index contributed by atoms with van der Waals surface area (Å²) in [6.45, 7) is 5.26. The number of nitrogens with zero attached hydrogens (tertiary/aromatic N) is 2. The van der Waals surface area contributed by atoms with E-state index < -0.39 is 0 Å². The van der Waals surface area contributed by atoms with E-state index in [9.17, 15) is 0 Å². The number of rotatable bonds is 5. The van der Waals surface area contributed by atoms with Crippen LogP contribution in [0.15, 0.2) is 12.5 Å². The van der Waals surface area contributed by atoms with Crippen LogP contribution in [0.25, 0.3) is 0 Å². The molecule has 0 aliphatic heterocycles. The quantitative estimate of drug-likeness (QED) is 0.812. The topological polar surface area (TPSA) is 43.8 Å². The Morgan fingerprint density at radius 1 is 1.57 bits per heavy atom. The van der Waals surface area contributed by atoms with Crippen molar-refractivity contribution in [2.45, 2.75) is 26.4 Å². The van der Waals surface area contributed by atoms with Gasteiger partial charge in [0.15, 0.2) is 0 Å². The largest absolute Gasteiger partial charge is 0.333 e. The first kappa shape index (κ1) is 11.6. The highest BCUT2D eigenvalue weighted by molar-refractivity contribution is 7.98. The normalized spacial score (nSPS) is 15.4. The van der Waals surface area contributed by atoms with Gasteiger partial charge in [0.25, 0.3) is 0 Å². The maximum absolute atomic E-state index is 5.84. The fourth-order valence-electron chi connectivity index (χ4n) is 1.54. The summed E-state index contributed by atoms with van der Waals surface area (Å²) in [5.74, 6) is 1.84. The Labute approximate surface area is 90.1 Å². The Morgan fingerprint density at radius 3 is 2.86 bits per heavy atom. The second-order valence-corrected chi connectivity index (χ2v) is 4.73. The molecule has 0 bridgehead atoms. The van der Waals surface area contributed by atoms with E-state index in [0.717, 1.165) is 12.2 Å². The first-order valence-electron chi connectivity index (χ1n) is 4.89. The molecule has 3 nitrogen and oxygen atoms in total. The standard InChI is InChI=1S/C10H19N3S/c1-8(6-14-3)5-13-7-12-4-10(13)9(2)11/h4,7-9H,5-6,11H2,1-3H3. The van der Waals surface area contributed by atoms with Crippen LogP contribution in [0, 0.1) is 5.92 Å². The first-order valence-corrected chi connectivity index (χ1v) is 6.29. The zero-order valence-corrected chi connectivity index (χ0v) is 9.92. The van der Waals surface area contributed by atoms with E-state index in [1.165, 1.54) is 5.75 Å². The van der Waals surface area contributed by atoms with Crippen LogP contribution in [0.1, 0.15) is 25.6 Å². The van der Waals surface area contributed by atoms with Gasteiger partial charge in [0.05, 0.1) is 12.0 Å². The Balaban J connectivity index is 2.61. The predicted octanol–water partition coefficient (Wildman–Crippen LogP) is 1.90. The summed E-state index contributed by atoms with van der Waals surface area (Å²) in [4.78, 5) is 4.13. The van der Waals surface area contributed by atoms with Gasteiger partial charge in [0, 0.05) is 18.8 Å². The van der Waals surface area contributed by atoms with Gasteiger partial charge >= 0.3 is 0 Å². The monoisotopic (exact) mass is 213 g/mol. The summed E-state index contributed by atoms with van der Waals surface area (Å²) in [6.07, 6.45) is 5.86. The van der Waals surface area contributed by atoms with Gasteiger partial charge in [-0.05, 0) is 24.9 Å². The second kappa shape index (κ2) is 5.41. The van der Waals surface area contributed by atoms with Crippen LogP contribution in [0.4, 0.5) is 0 Å². The number of imidazole rings is 1. The molecule has 0 saturated heterocycles. The van der Waals surface area contributed by atoms with Gasteiger partial charge in [-0.15, -0.1) is 0 Å². The summed E-state index contributed by atoms with van der Waals surface area (Å²) in [6, 6.07) is 0.0685. The molecule has 0 saturated carbocycles. The third-order valence-electron chi connectivity index (χ3n) is 2.17. The minimum atomic E-state index is 0.0685. The van der Waals surface area contributed by atoms with Gasteiger partial charge < -0.3 is 10.3 Å². The summed E-state index contributed by atoms with van der Waals surface area (Å²) >= 11 is 1.88. The van der Waals surface area contributed by atoms with E-state index in [1.54, 1.807) is 0 Å². The van der Waals surface area contributed by atoms with Crippen molar-refractivity contribution in [1.29, 1.82) is 0 Å². The second-order valence-electron chi connectivity index (χ2n) is 3.82. The molecule has 0 aliphatic carbocycles. The summed E-state index contributed by atoms with van der Waals surface area (Å²) in [5.41, 5.74) is 6.97. The molecule has 0 aliphatic rings. The Hall–Kier alpha value is -0.480. The van der Waals surface area contributed by atoms with Gasteiger partial charge in [-0.1, -0.05) is 6.92 Å². The lowest BCUT2D eigenvalue weighted by Gasteiger charge is -2.15. The SMILES string of the molecule is CSCC(C)Cn1cncc1C(C)N. The molecular weight excluding hydrogens is 194 g/mol. The van der Waals surface area contributed by atoms with Crippen molar-refractivity contribution in [2.75, 3.05) is 12.0 Å². The molecule has 2 atom stereocenters. The maximum Gasteiger partial charge on any atom is 0.0948 e. The zero-order valence-electron chi connectivity index (χ0n) is 9.10. The highest BCUT2D eigenvalue weighted by Gasteiger charge is 2.09. The van der Waals surface area contributed by atoms with Crippen molar-refractivity contribution >= 4 is 11.8 Å². The molecule has 1 heterocycles. The molecule has 0 aromatic carbocycles. The van der Waals surface area contributed by atoms with Gasteiger partial charge in [0.1, 0.15) is 0 Å². The molecule has 1 rings (SSSR count). The smallest absolute Gasteiger partial charge is 0.0948 e. The Bertz CT molecular complexity index is 270. The summed E-state index contributed by atoms with van der Waals surface area (Å²) < 4.78 is 2.16. The van der Waals surface area contributed by atoms with Gasteiger partial charge in [-0.2, -0.15) is 11.8 Å². The molecule has 2 unspecified atom stereocenters. The van der Waals surface area contributed by atoms with Crippen LogP contribution in [0.5, 0.6) is 0 Å². The zero-order chi connectivity index (χ0) is 10.6. The maximum atomic E-state index is 5.84. The van der Waals surface area contributed by atoms with Gasteiger partial charge in [-0.25, -0.2) is 4.98 Å². The minimum absolute atomic E-state index is 0.0685. The Morgan fingerprint density at radius 2 is 2.29 bits per heavy atom. The molecule has 0 amide bonds. The van der Waals surface area contributed by atoms with Crippen LogP contribution in [-0.4, -0.2) is 21.6 Å².